The fraction of sp³-hybridized carbons (Fsp3) is 0.143. The Morgan fingerprint density at radius 2 is 1.50 bits per heavy atom. The fourth-order valence-corrected chi connectivity index (χ4v) is 2.50. The first kappa shape index (κ1) is 22.9. The quantitative estimate of drug-likeness (QED) is 0.451. The molecule has 2 heterocycles. The van der Waals surface area contributed by atoms with E-state index in [0.29, 0.717) is 22.4 Å². The van der Waals surface area contributed by atoms with Crippen LogP contribution >= 0.6 is 11.6 Å². The number of hydrogen-bond donors (Lipinski definition) is 0. The number of nitrogens with zero attached hydrogens (tertiary/aromatic N) is 2. The second-order valence-corrected chi connectivity index (χ2v) is 6.19. The van der Waals surface area contributed by atoms with Crippen LogP contribution in [0.1, 0.15) is 32.0 Å². The summed E-state index contributed by atoms with van der Waals surface area (Å²) < 4.78 is 35.3. The molecule has 9 heteroatoms. The molecule has 0 aliphatic carbocycles. The van der Waals surface area contributed by atoms with Gasteiger partial charge in [-0.05, 0) is 35.9 Å². The van der Waals surface area contributed by atoms with Gasteiger partial charge in [-0.3, -0.25) is 4.98 Å². The van der Waals surface area contributed by atoms with Crippen molar-refractivity contribution in [3.05, 3.63) is 94.0 Å². The minimum absolute atomic E-state index is 0.178. The summed E-state index contributed by atoms with van der Waals surface area (Å²) in [6.07, 6.45) is 3.08. The van der Waals surface area contributed by atoms with Crippen molar-refractivity contribution in [2.24, 2.45) is 0 Å². The number of hydrogen-bond acceptors (Lipinski definition) is 6. The summed E-state index contributed by atoms with van der Waals surface area (Å²) in [6, 6.07) is 9.38. The molecule has 0 atom stereocenters. The van der Waals surface area contributed by atoms with Gasteiger partial charge in [0.2, 0.25) is 0 Å². The zero-order valence-corrected chi connectivity index (χ0v) is 16.8. The van der Waals surface area contributed by atoms with Crippen LogP contribution in [0.4, 0.5) is 8.78 Å². The van der Waals surface area contributed by atoms with E-state index in [-0.39, 0.29) is 11.6 Å². The van der Waals surface area contributed by atoms with Gasteiger partial charge in [0.1, 0.15) is 16.8 Å². The predicted octanol–water partition coefficient (Wildman–Crippen LogP) is 4.26. The number of rotatable bonds is 4. The Labute approximate surface area is 176 Å². The van der Waals surface area contributed by atoms with Gasteiger partial charge in [0.25, 0.3) is 0 Å². The SMILES string of the molecule is COC(=O)c1ccnc(Cc2ccc(F)cc2F)c1.COC(=O)c1ccnc(Cl)c1. The average Bonchev–Trinajstić information content (AvgIpc) is 2.75. The Morgan fingerprint density at radius 3 is 2.07 bits per heavy atom. The van der Waals surface area contributed by atoms with Gasteiger partial charge in [0.05, 0.1) is 25.3 Å². The zero-order chi connectivity index (χ0) is 22.1. The van der Waals surface area contributed by atoms with Gasteiger partial charge < -0.3 is 9.47 Å². The fourth-order valence-electron chi connectivity index (χ4n) is 2.33. The number of carbonyl (C=O) groups excluding carboxylic acids is 2. The highest BCUT2D eigenvalue weighted by molar-refractivity contribution is 6.29. The first-order chi connectivity index (χ1) is 14.3. The van der Waals surface area contributed by atoms with Gasteiger partial charge in [-0.25, -0.2) is 23.4 Å². The average molecular weight is 435 g/mol. The molecule has 30 heavy (non-hydrogen) atoms. The van der Waals surface area contributed by atoms with E-state index in [9.17, 15) is 18.4 Å². The Kier molecular flexibility index (Phi) is 8.37. The van der Waals surface area contributed by atoms with Crippen LogP contribution in [0.2, 0.25) is 5.15 Å². The van der Waals surface area contributed by atoms with Crippen LogP contribution in [0.5, 0.6) is 0 Å². The lowest BCUT2D eigenvalue weighted by atomic mass is 10.1. The molecule has 0 unspecified atom stereocenters. The van der Waals surface area contributed by atoms with Crippen LogP contribution in [-0.2, 0) is 15.9 Å². The largest absolute Gasteiger partial charge is 0.465 e. The maximum absolute atomic E-state index is 13.5. The highest BCUT2D eigenvalue weighted by Crippen LogP contribution is 2.14. The van der Waals surface area contributed by atoms with Crippen LogP contribution < -0.4 is 0 Å². The van der Waals surface area contributed by atoms with Crippen molar-refractivity contribution in [2.75, 3.05) is 14.2 Å². The van der Waals surface area contributed by atoms with Crippen LogP contribution in [0.25, 0.3) is 0 Å². The molecule has 0 saturated carbocycles. The molecule has 0 amide bonds. The lowest BCUT2D eigenvalue weighted by Crippen LogP contribution is -2.03. The molecule has 3 aromatic rings. The molecule has 0 N–H and O–H groups in total. The number of methoxy groups -OCH3 is 2. The van der Waals surface area contributed by atoms with Crippen LogP contribution in [0, 0.1) is 11.6 Å². The Morgan fingerprint density at radius 1 is 0.900 bits per heavy atom. The molecule has 0 bridgehead atoms. The third-order valence-electron chi connectivity index (χ3n) is 3.77. The molecule has 0 fully saturated rings. The summed E-state index contributed by atoms with van der Waals surface area (Å²) in [5, 5.41) is 0.285. The van der Waals surface area contributed by atoms with Crippen molar-refractivity contribution >= 4 is 23.5 Å². The van der Waals surface area contributed by atoms with E-state index in [1.54, 1.807) is 0 Å². The van der Waals surface area contributed by atoms with Crippen molar-refractivity contribution in [1.29, 1.82) is 0 Å². The standard InChI is InChI=1S/C14H11F2NO2.C7H6ClNO2/c1-19-14(18)10-4-5-17-12(7-10)6-9-2-3-11(15)8-13(9)16;1-11-7(10)5-2-3-9-6(8)4-5/h2-5,7-8H,6H2,1H3;2-4H,1H3. The summed E-state index contributed by atoms with van der Waals surface area (Å²) in [7, 11) is 2.60. The second kappa shape index (κ2) is 11.0. The first-order valence-corrected chi connectivity index (χ1v) is 8.89. The lowest BCUT2D eigenvalue weighted by molar-refractivity contribution is 0.0591. The summed E-state index contributed by atoms with van der Waals surface area (Å²) in [4.78, 5) is 30.0. The van der Waals surface area contributed by atoms with Gasteiger partial charge in [0, 0.05) is 30.6 Å². The number of esters is 2. The van der Waals surface area contributed by atoms with E-state index >= 15 is 0 Å². The van der Waals surface area contributed by atoms with Gasteiger partial charge in [-0.15, -0.1) is 0 Å². The molecule has 0 saturated heterocycles. The first-order valence-electron chi connectivity index (χ1n) is 8.51. The molecule has 156 valence electrons. The normalized spacial score (nSPS) is 9.90. The highest BCUT2D eigenvalue weighted by atomic mass is 35.5. The molecule has 0 radical (unpaired) electrons. The smallest absolute Gasteiger partial charge is 0.338 e. The van der Waals surface area contributed by atoms with Crippen molar-refractivity contribution in [1.82, 2.24) is 9.97 Å². The maximum atomic E-state index is 13.5. The van der Waals surface area contributed by atoms with E-state index < -0.39 is 23.6 Å². The van der Waals surface area contributed by atoms with E-state index in [4.69, 9.17) is 11.6 Å². The molecule has 2 aromatic heterocycles. The molecular weight excluding hydrogens is 418 g/mol. The Balaban J connectivity index is 0.000000248. The van der Waals surface area contributed by atoms with Crippen LogP contribution in [0.15, 0.2) is 54.9 Å². The summed E-state index contributed by atoms with van der Waals surface area (Å²) in [6.45, 7) is 0. The second-order valence-electron chi connectivity index (χ2n) is 5.80. The monoisotopic (exact) mass is 434 g/mol. The summed E-state index contributed by atoms with van der Waals surface area (Å²) in [5.41, 5.74) is 1.58. The van der Waals surface area contributed by atoms with Gasteiger partial charge >= 0.3 is 11.9 Å². The van der Waals surface area contributed by atoms with Crippen molar-refractivity contribution in [3.8, 4) is 0 Å². The van der Waals surface area contributed by atoms with Gasteiger partial charge in [0.15, 0.2) is 0 Å². The third kappa shape index (κ3) is 6.59. The summed E-state index contributed by atoms with van der Waals surface area (Å²) >= 11 is 5.53. The lowest BCUT2D eigenvalue weighted by Gasteiger charge is -2.05. The Hall–Kier alpha value is -3.39. The number of pyridine rings is 2. The number of ether oxygens (including phenoxy) is 2. The van der Waals surface area contributed by atoms with E-state index in [1.165, 1.54) is 63.0 Å². The number of aromatic nitrogens is 2. The molecule has 6 nitrogen and oxygen atoms in total. The van der Waals surface area contributed by atoms with E-state index in [2.05, 4.69) is 19.4 Å². The topological polar surface area (TPSA) is 78.4 Å². The molecular formula is C21H17ClF2N2O4. The van der Waals surface area contributed by atoms with E-state index in [0.717, 1.165) is 6.07 Å². The van der Waals surface area contributed by atoms with Crippen LogP contribution in [0.3, 0.4) is 0 Å². The zero-order valence-electron chi connectivity index (χ0n) is 16.1. The summed E-state index contributed by atoms with van der Waals surface area (Å²) in [5.74, 6) is -2.15. The molecule has 3 rings (SSSR count). The highest BCUT2D eigenvalue weighted by Gasteiger charge is 2.09. The predicted molar refractivity (Wildman–Crippen MR) is 105 cm³/mol. The maximum Gasteiger partial charge on any atom is 0.338 e. The number of carbonyl (C=O) groups is 2. The van der Waals surface area contributed by atoms with Crippen molar-refractivity contribution < 1.29 is 27.8 Å². The minimum Gasteiger partial charge on any atom is -0.465 e. The number of halogens is 3. The van der Waals surface area contributed by atoms with Gasteiger partial charge in [-0.1, -0.05) is 17.7 Å². The minimum atomic E-state index is -0.634. The van der Waals surface area contributed by atoms with E-state index in [1.807, 2.05) is 0 Å². The van der Waals surface area contributed by atoms with Crippen molar-refractivity contribution in [3.63, 3.8) is 0 Å². The molecule has 0 spiro atoms. The molecule has 0 aliphatic heterocycles. The van der Waals surface area contributed by atoms with Crippen molar-refractivity contribution in [2.45, 2.75) is 6.42 Å². The Bertz CT molecular complexity index is 1050. The van der Waals surface area contributed by atoms with Crippen LogP contribution in [-0.4, -0.2) is 36.1 Å². The number of benzene rings is 1. The van der Waals surface area contributed by atoms with Gasteiger partial charge in [-0.2, -0.15) is 0 Å². The molecule has 0 aliphatic rings. The third-order valence-corrected chi connectivity index (χ3v) is 3.98. The molecule has 1 aromatic carbocycles.